The van der Waals surface area contributed by atoms with Crippen molar-refractivity contribution in [1.82, 2.24) is 0 Å². The van der Waals surface area contributed by atoms with E-state index in [0.717, 1.165) is 19.3 Å². The van der Waals surface area contributed by atoms with Gasteiger partial charge in [0.1, 0.15) is 0 Å². The second kappa shape index (κ2) is 14.7. The van der Waals surface area contributed by atoms with Crippen molar-refractivity contribution in [3.8, 4) is 33.4 Å². The Kier molecular flexibility index (Phi) is 9.12. The summed E-state index contributed by atoms with van der Waals surface area (Å²) in [6, 6.07) is 62.2. The van der Waals surface area contributed by atoms with Gasteiger partial charge in [0.2, 0.25) is 0 Å². The van der Waals surface area contributed by atoms with Crippen molar-refractivity contribution in [3.63, 3.8) is 0 Å². The molecule has 0 fully saturated rings. The molecule has 0 amide bonds. The van der Waals surface area contributed by atoms with Crippen molar-refractivity contribution in [2.45, 2.75) is 70.6 Å². The fourth-order valence-corrected chi connectivity index (χ4v) is 11.3. The smallest absolute Gasteiger partial charge is 0.0159 e. The van der Waals surface area contributed by atoms with Gasteiger partial charge in [-0.25, -0.2) is 0 Å². The Hall–Kier alpha value is -6.24. The molecule has 2 unspecified atom stereocenters. The van der Waals surface area contributed by atoms with Gasteiger partial charge in [-0.1, -0.05) is 192 Å². The fraction of sp³-hybridized carbons (Fsp3) is 0.213. The largest absolute Gasteiger partial charge is 0.0833 e. The first-order chi connectivity index (χ1) is 29.7. The third-order valence-corrected chi connectivity index (χ3v) is 14.7. The van der Waals surface area contributed by atoms with Crippen molar-refractivity contribution in [1.29, 1.82) is 0 Å². The van der Waals surface area contributed by atoms with Crippen LogP contribution in [0.3, 0.4) is 0 Å². The van der Waals surface area contributed by atoms with Gasteiger partial charge in [-0.05, 0) is 162 Å². The Morgan fingerprint density at radius 2 is 1.02 bits per heavy atom. The van der Waals surface area contributed by atoms with Crippen molar-refractivity contribution >= 4 is 27.1 Å². The summed E-state index contributed by atoms with van der Waals surface area (Å²) in [5.41, 5.74) is 19.5. The molecule has 8 aromatic rings. The van der Waals surface area contributed by atoms with Gasteiger partial charge in [0.05, 0.1) is 0 Å². The van der Waals surface area contributed by atoms with Crippen LogP contribution in [0.5, 0.6) is 0 Å². The summed E-state index contributed by atoms with van der Waals surface area (Å²) < 4.78 is 0. The lowest BCUT2D eigenvalue weighted by molar-refractivity contribution is 0.390. The van der Waals surface area contributed by atoms with E-state index in [-0.39, 0.29) is 10.8 Å². The monoisotopic (exact) mass is 786 g/mol. The molecule has 61 heavy (non-hydrogen) atoms. The molecular weight excluding hydrogens is 733 g/mol. The summed E-state index contributed by atoms with van der Waals surface area (Å²) in [6.07, 6.45) is 13.0. The minimum Gasteiger partial charge on any atom is -0.0833 e. The van der Waals surface area contributed by atoms with Gasteiger partial charge >= 0.3 is 0 Å². The number of rotatable bonds is 9. The van der Waals surface area contributed by atoms with Crippen LogP contribution in [0.1, 0.15) is 85.9 Å². The van der Waals surface area contributed by atoms with Crippen molar-refractivity contribution in [2.75, 3.05) is 0 Å². The van der Waals surface area contributed by atoms with Gasteiger partial charge in [-0.15, -0.1) is 0 Å². The van der Waals surface area contributed by atoms with Gasteiger partial charge in [-0.3, -0.25) is 0 Å². The highest BCUT2D eigenvalue weighted by Gasteiger charge is 2.37. The number of allylic oxidation sites excluding steroid dienone is 4. The molecular formula is C61H54. The second-order valence-electron chi connectivity index (χ2n) is 19.3. The average molecular weight is 787 g/mol. The summed E-state index contributed by atoms with van der Waals surface area (Å²) >= 11 is 0. The molecule has 0 N–H and O–H groups in total. The van der Waals surface area contributed by atoms with Crippen LogP contribution in [0, 0.1) is 11.8 Å². The molecule has 8 aromatic carbocycles. The molecule has 2 atom stereocenters. The third kappa shape index (κ3) is 6.69. The molecule has 0 nitrogen and oxygen atoms in total. The van der Waals surface area contributed by atoms with E-state index in [1.165, 1.54) is 112 Å². The van der Waals surface area contributed by atoms with Crippen LogP contribution in [-0.4, -0.2) is 0 Å². The average Bonchev–Trinajstić information content (AvgIpc) is 3.66. The summed E-state index contributed by atoms with van der Waals surface area (Å²) in [6.45, 7) is 9.62. The molecule has 0 bridgehead atoms. The van der Waals surface area contributed by atoms with Crippen LogP contribution in [-0.2, 0) is 23.7 Å². The first-order valence-electron chi connectivity index (χ1n) is 22.6. The second-order valence-corrected chi connectivity index (χ2v) is 19.3. The predicted octanol–water partition coefficient (Wildman–Crippen LogP) is 16.1. The van der Waals surface area contributed by atoms with Crippen LogP contribution >= 0.6 is 0 Å². The summed E-state index contributed by atoms with van der Waals surface area (Å²) in [7, 11) is 0. The van der Waals surface area contributed by atoms with Crippen LogP contribution < -0.4 is 0 Å². The van der Waals surface area contributed by atoms with Gasteiger partial charge in [-0.2, -0.15) is 0 Å². The Morgan fingerprint density at radius 3 is 1.79 bits per heavy atom. The molecule has 3 aliphatic carbocycles. The maximum absolute atomic E-state index is 2.60. The molecule has 0 heteroatoms. The molecule has 0 saturated heterocycles. The predicted molar refractivity (Wildman–Crippen MR) is 260 cm³/mol. The zero-order valence-corrected chi connectivity index (χ0v) is 36.0. The van der Waals surface area contributed by atoms with Gasteiger partial charge in [0.15, 0.2) is 0 Å². The van der Waals surface area contributed by atoms with E-state index in [2.05, 4.69) is 210 Å². The molecule has 298 valence electrons. The van der Waals surface area contributed by atoms with Crippen molar-refractivity contribution < 1.29 is 0 Å². The zero-order chi connectivity index (χ0) is 41.3. The third-order valence-electron chi connectivity index (χ3n) is 14.7. The van der Waals surface area contributed by atoms with E-state index in [9.17, 15) is 0 Å². The lowest BCUT2D eigenvalue weighted by Gasteiger charge is -2.25. The number of benzene rings is 8. The minimum atomic E-state index is -0.0663. The van der Waals surface area contributed by atoms with Crippen molar-refractivity contribution in [2.24, 2.45) is 11.8 Å². The lowest BCUT2D eigenvalue weighted by atomic mass is 9.79. The van der Waals surface area contributed by atoms with Crippen LogP contribution in [0.15, 0.2) is 182 Å². The first kappa shape index (κ1) is 37.7. The zero-order valence-electron chi connectivity index (χ0n) is 36.0. The molecule has 0 spiro atoms. The molecule has 0 saturated carbocycles. The maximum Gasteiger partial charge on any atom is 0.0159 e. The Morgan fingerprint density at radius 1 is 0.475 bits per heavy atom. The number of hydrogen-bond acceptors (Lipinski definition) is 0. The van der Waals surface area contributed by atoms with Gasteiger partial charge in [0.25, 0.3) is 0 Å². The molecule has 0 heterocycles. The van der Waals surface area contributed by atoms with Crippen LogP contribution in [0.2, 0.25) is 0 Å². The Bertz CT molecular complexity index is 3070. The maximum atomic E-state index is 2.60. The molecule has 0 aromatic heterocycles. The SMILES string of the molecule is CC1(C)c2ccccc2-c2ccc(C3=CC(CC(CCc4ccc5c(c4)C(C)(C)c4cc(-c6ccc7ccccc7c6)ccc4-5)Cc4ccc5ccccc5c4)CC=C3)cc21. The van der Waals surface area contributed by atoms with E-state index < -0.39 is 0 Å². The summed E-state index contributed by atoms with van der Waals surface area (Å²) in [4.78, 5) is 0. The topological polar surface area (TPSA) is 0 Å². The summed E-state index contributed by atoms with van der Waals surface area (Å²) in [5.74, 6) is 1.07. The minimum absolute atomic E-state index is 0.00160. The van der Waals surface area contributed by atoms with Crippen LogP contribution in [0.4, 0.5) is 0 Å². The normalized spacial score (nSPS) is 17.1. The fourth-order valence-electron chi connectivity index (χ4n) is 11.3. The van der Waals surface area contributed by atoms with E-state index in [0.29, 0.717) is 11.8 Å². The standard InChI is InChI=1S/C61H54/c1-60(2)56-19-10-9-18-52(56)54-30-27-50(38-58(54)60)47-17-11-12-41(34-47)32-42(33-43-22-24-44-13-5-7-15-46(44)35-43)21-20-40-23-29-53-55-31-28-51(39-59(55)61(3,4)57(53)36-40)49-26-25-45-14-6-8-16-48(45)37-49/h5-11,13-19,22-31,34-39,41-42H,12,20-21,32-33H2,1-4H3. The lowest BCUT2D eigenvalue weighted by Crippen LogP contribution is -2.16. The van der Waals surface area contributed by atoms with E-state index in [4.69, 9.17) is 0 Å². The Balaban J connectivity index is 0.860. The molecule has 0 radical (unpaired) electrons. The quantitative estimate of drug-likeness (QED) is 0.137. The van der Waals surface area contributed by atoms with Crippen molar-refractivity contribution in [3.05, 3.63) is 221 Å². The van der Waals surface area contributed by atoms with E-state index >= 15 is 0 Å². The van der Waals surface area contributed by atoms with Gasteiger partial charge in [0, 0.05) is 10.8 Å². The highest BCUT2D eigenvalue weighted by atomic mass is 14.4. The molecule has 3 aliphatic rings. The van der Waals surface area contributed by atoms with E-state index in [1.54, 1.807) is 0 Å². The first-order valence-corrected chi connectivity index (χ1v) is 22.6. The highest BCUT2D eigenvalue weighted by Crippen LogP contribution is 2.51. The number of fused-ring (bicyclic) bond motifs is 8. The molecule has 11 rings (SSSR count). The highest BCUT2D eigenvalue weighted by molar-refractivity contribution is 5.90. The number of hydrogen-bond donors (Lipinski definition) is 0. The molecule has 0 aliphatic heterocycles. The Labute approximate surface area is 362 Å². The van der Waals surface area contributed by atoms with Crippen LogP contribution in [0.25, 0.3) is 60.5 Å². The van der Waals surface area contributed by atoms with E-state index in [1.807, 2.05) is 0 Å². The summed E-state index contributed by atoms with van der Waals surface area (Å²) in [5, 5.41) is 5.24. The van der Waals surface area contributed by atoms with Gasteiger partial charge < -0.3 is 0 Å². The number of aryl methyl sites for hydroxylation is 1.